The highest BCUT2D eigenvalue weighted by Gasteiger charge is 2.03. The molecule has 0 spiro atoms. The van der Waals surface area contributed by atoms with Gasteiger partial charge in [-0.25, -0.2) is 4.39 Å². The van der Waals surface area contributed by atoms with Crippen LogP contribution in [0.5, 0.6) is 0 Å². The molecule has 0 saturated heterocycles. The fourth-order valence-electron chi connectivity index (χ4n) is 1.58. The molecular formula is C14H12BrClFN. The molecule has 0 fully saturated rings. The highest BCUT2D eigenvalue weighted by Crippen LogP contribution is 2.22. The largest absolute Gasteiger partial charge is 0.379 e. The molecule has 0 amide bonds. The third-order valence-corrected chi connectivity index (χ3v) is 3.74. The van der Waals surface area contributed by atoms with Crippen molar-refractivity contribution >= 4 is 33.2 Å². The summed E-state index contributed by atoms with van der Waals surface area (Å²) in [6.45, 7) is 2.58. The van der Waals surface area contributed by atoms with Crippen LogP contribution in [-0.2, 0) is 6.54 Å². The number of halogens is 3. The van der Waals surface area contributed by atoms with E-state index in [1.807, 2.05) is 25.1 Å². The minimum Gasteiger partial charge on any atom is -0.379 e. The van der Waals surface area contributed by atoms with Crippen LogP contribution >= 0.6 is 27.5 Å². The van der Waals surface area contributed by atoms with E-state index >= 15 is 0 Å². The molecule has 0 saturated carbocycles. The molecule has 2 rings (SSSR count). The Labute approximate surface area is 119 Å². The van der Waals surface area contributed by atoms with Crippen molar-refractivity contribution < 1.29 is 4.39 Å². The van der Waals surface area contributed by atoms with Crippen molar-refractivity contribution in [3.63, 3.8) is 0 Å². The number of nitrogens with one attached hydrogen (secondary N) is 1. The average Bonchev–Trinajstić information content (AvgIpc) is 2.34. The van der Waals surface area contributed by atoms with Gasteiger partial charge in [0.25, 0.3) is 0 Å². The average molecular weight is 329 g/mol. The highest BCUT2D eigenvalue weighted by molar-refractivity contribution is 9.10. The summed E-state index contributed by atoms with van der Waals surface area (Å²) in [5.41, 5.74) is 2.67. The van der Waals surface area contributed by atoms with E-state index in [2.05, 4.69) is 21.2 Å². The molecule has 2 aromatic carbocycles. The van der Waals surface area contributed by atoms with E-state index in [9.17, 15) is 4.39 Å². The first-order valence-electron chi connectivity index (χ1n) is 5.50. The lowest BCUT2D eigenvalue weighted by atomic mass is 10.1. The molecule has 0 aliphatic rings. The lowest BCUT2D eigenvalue weighted by Crippen LogP contribution is -2.01. The molecule has 0 heterocycles. The minimum absolute atomic E-state index is 0.300. The van der Waals surface area contributed by atoms with E-state index in [1.54, 1.807) is 6.07 Å². The van der Waals surface area contributed by atoms with Crippen molar-refractivity contribution in [2.45, 2.75) is 13.5 Å². The van der Waals surface area contributed by atoms with Crippen molar-refractivity contribution in [2.75, 3.05) is 5.32 Å². The fraction of sp³-hybridized carbons (Fsp3) is 0.143. The molecule has 0 unspecified atom stereocenters. The summed E-state index contributed by atoms with van der Waals surface area (Å²) in [4.78, 5) is 0. The van der Waals surface area contributed by atoms with Crippen molar-refractivity contribution in [2.24, 2.45) is 0 Å². The highest BCUT2D eigenvalue weighted by atomic mass is 79.9. The number of anilines is 1. The molecule has 0 radical (unpaired) electrons. The smallest absolute Gasteiger partial charge is 0.146 e. The van der Waals surface area contributed by atoms with Crippen LogP contribution in [0.15, 0.2) is 40.9 Å². The van der Waals surface area contributed by atoms with Crippen LogP contribution in [-0.4, -0.2) is 0 Å². The van der Waals surface area contributed by atoms with Crippen LogP contribution in [0, 0.1) is 12.7 Å². The minimum atomic E-state index is -0.300. The molecule has 4 heteroatoms. The van der Waals surface area contributed by atoms with Crippen LogP contribution in [0.2, 0.25) is 5.02 Å². The summed E-state index contributed by atoms with van der Waals surface area (Å²) in [6.07, 6.45) is 0. The number of rotatable bonds is 3. The van der Waals surface area contributed by atoms with Crippen molar-refractivity contribution in [1.82, 2.24) is 0 Å². The summed E-state index contributed by atoms with van der Waals surface area (Å²) in [5.74, 6) is -0.300. The summed E-state index contributed by atoms with van der Waals surface area (Å²) >= 11 is 9.31. The molecular weight excluding hydrogens is 317 g/mol. The van der Waals surface area contributed by atoms with Gasteiger partial charge in [-0.2, -0.15) is 0 Å². The molecule has 0 atom stereocenters. The quantitative estimate of drug-likeness (QED) is 0.820. The maximum absolute atomic E-state index is 13.5. The zero-order chi connectivity index (χ0) is 13.1. The van der Waals surface area contributed by atoms with E-state index in [0.29, 0.717) is 17.3 Å². The van der Waals surface area contributed by atoms with Gasteiger partial charge >= 0.3 is 0 Å². The van der Waals surface area contributed by atoms with Crippen molar-refractivity contribution in [1.29, 1.82) is 0 Å². The Bertz CT molecular complexity index is 572. The molecule has 2 aromatic rings. The molecule has 1 N–H and O–H groups in total. The molecule has 0 bridgehead atoms. The maximum atomic E-state index is 13.5. The van der Waals surface area contributed by atoms with Crippen LogP contribution < -0.4 is 5.32 Å². The van der Waals surface area contributed by atoms with Crippen LogP contribution in [0.4, 0.5) is 10.1 Å². The second-order valence-corrected chi connectivity index (χ2v) is 5.35. The van der Waals surface area contributed by atoms with E-state index in [0.717, 1.165) is 10.0 Å². The molecule has 18 heavy (non-hydrogen) atoms. The Morgan fingerprint density at radius 2 is 2.00 bits per heavy atom. The van der Waals surface area contributed by atoms with Gasteiger partial charge in [0, 0.05) is 16.0 Å². The van der Waals surface area contributed by atoms with Gasteiger partial charge in [-0.15, -0.1) is 0 Å². The second-order valence-electron chi connectivity index (χ2n) is 4.06. The van der Waals surface area contributed by atoms with Gasteiger partial charge in [0.1, 0.15) is 5.82 Å². The Morgan fingerprint density at radius 3 is 2.72 bits per heavy atom. The summed E-state index contributed by atoms with van der Waals surface area (Å²) in [5, 5.41) is 3.55. The third kappa shape index (κ3) is 3.24. The standard InChI is InChI=1S/C14H12BrClFN/c1-9-2-3-10(6-12(9)15)8-18-14-7-11(16)4-5-13(14)17/h2-7,18H,8H2,1H3. The van der Waals surface area contributed by atoms with E-state index in [4.69, 9.17) is 11.6 Å². The first kappa shape index (κ1) is 13.4. The predicted molar refractivity (Wildman–Crippen MR) is 77.6 cm³/mol. The molecule has 0 aliphatic carbocycles. The summed E-state index contributed by atoms with van der Waals surface area (Å²) < 4.78 is 14.5. The number of benzene rings is 2. The lowest BCUT2D eigenvalue weighted by molar-refractivity contribution is 0.630. The van der Waals surface area contributed by atoms with Gasteiger partial charge in [0.15, 0.2) is 0 Å². The van der Waals surface area contributed by atoms with Gasteiger partial charge in [0.05, 0.1) is 5.69 Å². The first-order chi connectivity index (χ1) is 8.56. The molecule has 1 nitrogen and oxygen atoms in total. The predicted octanol–water partition coefficient (Wildman–Crippen LogP) is 5.16. The lowest BCUT2D eigenvalue weighted by Gasteiger charge is -2.09. The Morgan fingerprint density at radius 1 is 1.22 bits per heavy atom. The Balaban J connectivity index is 2.11. The third-order valence-electron chi connectivity index (χ3n) is 2.65. The fourth-order valence-corrected chi connectivity index (χ4v) is 2.17. The van der Waals surface area contributed by atoms with Crippen LogP contribution in [0.3, 0.4) is 0 Å². The summed E-state index contributed by atoms with van der Waals surface area (Å²) in [6, 6.07) is 10.5. The van der Waals surface area contributed by atoms with Crippen molar-refractivity contribution in [3.8, 4) is 0 Å². The Kier molecular flexibility index (Phi) is 4.25. The zero-order valence-electron chi connectivity index (χ0n) is 9.81. The van der Waals surface area contributed by atoms with E-state index in [1.165, 1.54) is 17.7 Å². The van der Waals surface area contributed by atoms with Crippen LogP contribution in [0.1, 0.15) is 11.1 Å². The summed E-state index contributed by atoms with van der Waals surface area (Å²) in [7, 11) is 0. The topological polar surface area (TPSA) is 12.0 Å². The van der Waals surface area contributed by atoms with Gasteiger partial charge in [-0.1, -0.05) is 39.7 Å². The molecule has 0 aromatic heterocycles. The number of hydrogen-bond acceptors (Lipinski definition) is 1. The second kappa shape index (κ2) is 5.72. The normalized spacial score (nSPS) is 10.4. The van der Waals surface area contributed by atoms with Crippen molar-refractivity contribution in [3.05, 3.63) is 62.8 Å². The monoisotopic (exact) mass is 327 g/mol. The van der Waals surface area contributed by atoms with Gasteiger partial charge in [-0.05, 0) is 42.3 Å². The first-order valence-corrected chi connectivity index (χ1v) is 6.67. The molecule has 94 valence electrons. The van der Waals surface area contributed by atoms with E-state index < -0.39 is 0 Å². The SMILES string of the molecule is Cc1ccc(CNc2cc(Cl)ccc2F)cc1Br. The maximum Gasteiger partial charge on any atom is 0.146 e. The van der Waals surface area contributed by atoms with Gasteiger partial charge < -0.3 is 5.32 Å². The molecule has 0 aliphatic heterocycles. The van der Waals surface area contributed by atoms with Gasteiger partial charge in [0.2, 0.25) is 0 Å². The Hall–Kier alpha value is -1.06. The van der Waals surface area contributed by atoms with Gasteiger partial charge in [-0.3, -0.25) is 0 Å². The van der Waals surface area contributed by atoms with Crippen LogP contribution in [0.25, 0.3) is 0 Å². The number of hydrogen-bond donors (Lipinski definition) is 1. The zero-order valence-corrected chi connectivity index (χ0v) is 12.1. The van der Waals surface area contributed by atoms with E-state index in [-0.39, 0.29) is 5.82 Å². The number of aryl methyl sites for hydroxylation is 1.